The van der Waals surface area contributed by atoms with E-state index in [1.807, 2.05) is 6.92 Å². The lowest BCUT2D eigenvalue weighted by atomic mass is 10.0. The molecule has 342 valence electrons. The number of guanidine groups is 1. The number of thiol groups is 1. The van der Waals surface area contributed by atoms with E-state index >= 15 is 0 Å². The Morgan fingerprint density at radius 3 is 1.85 bits per heavy atom. The summed E-state index contributed by atoms with van der Waals surface area (Å²) >= 11 is 3.95. The summed E-state index contributed by atoms with van der Waals surface area (Å²) in [6.07, 6.45) is 1.08. The van der Waals surface area contributed by atoms with Crippen LogP contribution in [0.4, 0.5) is 0 Å². The van der Waals surface area contributed by atoms with Crippen molar-refractivity contribution in [3.05, 3.63) is 0 Å². The fourth-order valence-electron chi connectivity index (χ4n) is 6.30. The SMILES string of the molecule is CCCC[C@H](NC(=O)[C@@H](N)C(C)C)C(=O)N[C@@H](C)C(=O)N1CCC[C@H]1C(=O)N[C@@H](CCCN=C(N)N)C(=O)N[C@H](C(=O)N[C@@H](CC(C)C)C(=O)N[C@@H](CS)C(=O)O)[C@@H](C)O. The van der Waals surface area contributed by atoms with Gasteiger partial charge in [0.1, 0.15) is 42.3 Å². The summed E-state index contributed by atoms with van der Waals surface area (Å²) in [7, 11) is 0. The molecule has 0 aromatic rings. The van der Waals surface area contributed by atoms with E-state index in [2.05, 4.69) is 49.5 Å². The van der Waals surface area contributed by atoms with Crippen LogP contribution in [-0.4, -0.2) is 142 Å². The minimum Gasteiger partial charge on any atom is -0.480 e. The first kappa shape index (κ1) is 53.3. The number of carbonyl (C=O) groups excluding carboxylic acids is 7. The van der Waals surface area contributed by atoms with Gasteiger partial charge in [-0.25, -0.2) is 4.79 Å². The number of hydrogen-bond donors (Lipinski definition) is 12. The number of nitrogens with one attached hydrogen (secondary N) is 6. The molecule has 0 saturated carbocycles. The molecule has 1 aliphatic rings. The van der Waals surface area contributed by atoms with Crippen molar-refractivity contribution in [1.82, 2.24) is 36.8 Å². The lowest BCUT2D eigenvalue weighted by Crippen LogP contribution is -2.61. The number of rotatable bonds is 26. The molecule has 21 nitrogen and oxygen atoms in total. The lowest BCUT2D eigenvalue weighted by molar-refractivity contribution is -0.142. The zero-order valence-electron chi connectivity index (χ0n) is 35.9. The number of aliphatic carboxylic acids is 1. The highest BCUT2D eigenvalue weighted by molar-refractivity contribution is 7.80. The van der Waals surface area contributed by atoms with Crippen molar-refractivity contribution in [1.29, 1.82) is 0 Å². The van der Waals surface area contributed by atoms with Crippen LogP contribution in [0.3, 0.4) is 0 Å². The van der Waals surface area contributed by atoms with Gasteiger partial charge in [0.25, 0.3) is 0 Å². The molecule has 0 aromatic heterocycles. The molecule has 14 N–H and O–H groups in total. The molecule has 0 aliphatic carbocycles. The minimum absolute atomic E-state index is 0.0420. The molecular weight excluding hydrogens is 803 g/mol. The molecule has 0 spiro atoms. The topological polar surface area (TPSA) is 343 Å². The van der Waals surface area contributed by atoms with Crippen LogP contribution in [0.2, 0.25) is 0 Å². The van der Waals surface area contributed by atoms with Crippen molar-refractivity contribution >= 4 is 65.9 Å². The van der Waals surface area contributed by atoms with Gasteiger partial charge in [0.2, 0.25) is 41.4 Å². The zero-order valence-corrected chi connectivity index (χ0v) is 36.8. The highest BCUT2D eigenvalue weighted by Crippen LogP contribution is 2.20. The second-order valence-corrected chi connectivity index (χ2v) is 16.3. The molecule has 60 heavy (non-hydrogen) atoms. The predicted molar refractivity (Wildman–Crippen MR) is 227 cm³/mol. The number of carboxylic acid groups (broad SMARTS) is 1. The Morgan fingerprint density at radius 1 is 0.767 bits per heavy atom. The molecule has 1 saturated heterocycles. The summed E-state index contributed by atoms with van der Waals surface area (Å²) in [5.74, 6) is -7.04. The monoisotopic (exact) mass is 871 g/mol. The van der Waals surface area contributed by atoms with Gasteiger partial charge < -0.3 is 64.2 Å². The lowest BCUT2D eigenvalue weighted by Gasteiger charge is -2.30. The fourth-order valence-corrected chi connectivity index (χ4v) is 6.54. The number of aliphatic imine (C=N–C) groups is 1. The number of aliphatic hydroxyl groups excluding tert-OH is 1. The number of nitrogens with two attached hydrogens (primary N) is 3. The molecule has 0 unspecified atom stereocenters. The van der Waals surface area contributed by atoms with E-state index in [4.69, 9.17) is 17.2 Å². The highest BCUT2D eigenvalue weighted by atomic mass is 32.1. The van der Waals surface area contributed by atoms with Crippen LogP contribution in [0.25, 0.3) is 0 Å². The van der Waals surface area contributed by atoms with E-state index in [-0.39, 0.29) is 62.3 Å². The van der Waals surface area contributed by atoms with Gasteiger partial charge >= 0.3 is 5.97 Å². The van der Waals surface area contributed by atoms with Crippen molar-refractivity contribution in [2.24, 2.45) is 34.0 Å². The standard InChI is InChI=1S/C38H69N11O10S/c1-8-9-12-23(45-34(55)28(39)20(4)5)30(51)43-21(6)36(57)49-16-11-14-27(49)33(54)44-24(13-10-15-42-38(40)41)31(52)48-29(22(7)50)35(56)46-25(17-19(2)3)32(53)47-26(18-60)37(58)59/h19-29,50,60H,8-18,39H2,1-7H3,(H,43,51)(H,44,54)(H,45,55)(H,46,56)(H,47,53)(H,48,52)(H,58,59)(H4,40,41,42)/t21-,22+,23-,24-,25-,26-,27-,28-,29-/m0/s1. The minimum atomic E-state index is -1.63. The first-order valence-electron chi connectivity index (χ1n) is 20.5. The number of carboxylic acids is 1. The normalized spacial score (nSPS) is 17.8. The summed E-state index contributed by atoms with van der Waals surface area (Å²) in [5.41, 5.74) is 16.9. The molecule has 1 fully saturated rings. The second kappa shape index (κ2) is 26.5. The van der Waals surface area contributed by atoms with E-state index in [0.29, 0.717) is 19.3 Å². The fraction of sp³-hybridized carbons (Fsp3) is 0.763. The summed E-state index contributed by atoms with van der Waals surface area (Å²) in [5, 5.41) is 35.3. The molecule has 7 amide bonds. The van der Waals surface area contributed by atoms with E-state index in [9.17, 15) is 48.6 Å². The van der Waals surface area contributed by atoms with Crippen molar-refractivity contribution in [3.8, 4) is 0 Å². The Kier molecular flexibility index (Phi) is 23.5. The Labute approximate surface area is 357 Å². The van der Waals surface area contributed by atoms with Crippen LogP contribution in [-0.2, 0) is 38.4 Å². The molecule has 0 radical (unpaired) electrons. The first-order chi connectivity index (χ1) is 28.0. The molecule has 22 heteroatoms. The van der Waals surface area contributed by atoms with Crippen LogP contribution >= 0.6 is 12.6 Å². The molecule has 1 heterocycles. The summed E-state index contributed by atoms with van der Waals surface area (Å²) in [6, 6.07) is -9.44. The van der Waals surface area contributed by atoms with Gasteiger partial charge in [-0.2, -0.15) is 12.6 Å². The van der Waals surface area contributed by atoms with Gasteiger partial charge in [0.05, 0.1) is 12.1 Å². The highest BCUT2D eigenvalue weighted by Gasteiger charge is 2.39. The number of carbonyl (C=O) groups is 8. The third-order valence-corrected chi connectivity index (χ3v) is 10.2. The second-order valence-electron chi connectivity index (χ2n) is 15.9. The summed E-state index contributed by atoms with van der Waals surface area (Å²) < 4.78 is 0. The van der Waals surface area contributed by atoms with Crippen LogP contribution in [0, 0.1) is 11.8 Å². The quantitative estimate of drug-likeness (QED) is 0.0187. The average Bonchev–Trinajstić information content (AvgIpc) is 3.67. The molecule has 0 aromatic carbocycles. The Morgan fingerprint density at radius 2 is 1.32 bits per heavy atom. The largest absolute Gasteiger partial charge is 0.480 e. The zero-order chi connectivity index (χ0) is 45.9. The third-order valence-electron chi connectivity index (χ3n) is 9.85. The number of amides is 7. The van der Waals surface area contributed by atoms with Crippen molar-refractivity contribution < 1.29 is 48.6 Å². The van der Waals surface area contributed by atoms with E-state index in [1.54, 1.807) is 27.7 Å². The molecule has 1 aliphatic heterocycles. The summed E-state index contributed by atoms with van der Waals surface area (Å²) in [4.78, 5) is 111. The average molecular weight is 872 g/mol. The molecule has 1 rings (SSSR count). The van der Waals surface area contributed by atoms with Crippen LogP contribution in [0.5, 0.6) is 0 Å². The van der Waals surface area contributed by atoms with Crippen LogP contribution < -0.4 is 49.1 Å². The number of aliphatic hydroxyl groups is 1. The van der Waals surface area contributed by atoms with Crippen LogP contribution in [0.1, 0.15) is 99.8 Å². The Hall–Kier alpha value is -4.70. The number of likely N-dealkylation sites (tertiary alicyclic amines) is 1. The van der Waals surface area contributed by atoms with Gasteiger partial charge in [-0.3, -0.25) is 38.6 Å². The number of hydrogen-bond acceptors (Lipinski definition) is 12. The number of nitrogens with zero attached hydrogens (tertiary/aromatic N) is 2. The molecule has 9 atom stereocenters. The third kappa shape index (κ3) is 17.9. The van der Waals surface area contributed by atoms with Gasteiger partial charge in [0, 0.05) is 18.8 Å². The van der Waals surface area contributed by atoms with E-state index < -0.39 is 102 Å². The van der Waals surface area contributed by atoms with Crippen molar-refractivity contribution in [3.63, 3.8) is 0 Å². The molecular formula is C38H69N11O10S. The first-order valence-corrected chi connectivity index (χ1v) is 21.1. The van der Waals surface area contributed by atoms with Crippen molar-refractivity contribution in [2.75, 3.05) is 18.8 Å². The molecule has 0 bridgehead atoms. The predicted octanol–water partition coefficient (Wildman–Crippen LogP) is -2.43. The van der Waals surface area contributed by atoms with Crippen molar-refractivity contribution in [2.45, 2.75) is 154 Å². The van der Waals surface area contributed by atoms with Gasteiger partial charge in [-0.15, -0.1) is 0 Å². The van der Waals surface area contributed by atoms with Gasteiger partial charge in [-0.05, 0) is 64.2 Å². The number of unbranched alkanes of at least 4 members (excludes halogenated alkanes) is 1. The maximum atomic E-state index is 13.8. The van der Waals surface area contributed by atoms with Crippen LogP contribution in [0.15, 0.2) is 4.99 Å². The smallest absolute Gasteiger partial charge is 0.327 e. The maximum absolute atomic E-state index is 13.8. The summed E-state index contributed by atoms with van der Waals surface area (Å²) in [6.45, 7) is 12.0. The Bertz CT molecular complexity index is 1510. The van der Waals surface area contributed by atoms with E-state index in [1.165, 1.54) is 18.7 Å². The Balaban J connectivity index is 3.25. The van der Waals surface area contributed by atoms with E-state index in [0.717, 1.165) is 6.42 Å². The van der Waals surface area contributed by atoms with Gasteiger partial charge in [0.15, 0.2) is 5.96 Å². The maximum Gasteiger partial charge on any atom is 0.327 e. The van der Waals surface area contributed by atoms with Gasteiger partial charge in [-0.1, -0.05) is 47.5 Å².